The standard InChI is InChI=1S/C24H27ClN4O3/c1-31-21-12-19-15(10-22(21)32-14-18(30)13-29-7-2-3-8-29)9-20-23(19)27-28-24(20)26-17-6-4-5-16(25)11-17/h4-6,9-12,18,26-28,30H,2-3,7-8,13-14H2,1H3. The SMILES string of the molecule is COc1cc2c3[nH][nH]c(Nc4cccc(Cl)c4)c-3cc2cc1OCC(O)CN1CCCC1. The number of anilines is 2. The number of nitrogens with one attached hydrogen (secondary N) is 3. The van der Waals surface area contributed by atoms with Crippen molar-refractivity contribution in [3.05, 3.63) is 47.5 Å². The highest BCUT2D eigenvalue weighted by Gasteiger charge is 2.21. The van der Waals surface area contributed by atoms with Gasteiger partial charge in [-0.1, -0.05) is 17.7 Å². The first-order valence-electron chi connectivity index (χ1n) is 10.9. The monoisotopic (exact) mass is 454 g/mol. The predicted molar refractivity (Wildman–Crippen MR) is 128 cm³/mol. The van der Waals surface area contributed by atoms with Crippen LogP contribution in [0.5, 0.6) is 11.5 Å². The summed E-state index contributed by atoms with van der Waals surface area (Å²) in [5.41, 5.74) is 2.89. The van der Waals surface area contributed by atoms with Crippen molar-refractivity contribution in [3.8, 4) is 22.8 Å². The number of aliphatic hydroxyl groups is 1. The van der Waals surface area contributed by atoms with Crippen LogP contribution >= 0.6 is 11.6 Å². The Morgan fingerprint density at radius 3 is 2.75 bits per heavy atom. The normalized spacial score (nSPS) is 15.5. The third kappa shape index (κ3) is 4.24. The minimum atomic E-state index is -0.536. The number of hydrogen-bond donors (Lipinski definition) is 4. The number of aromatic amines is 2. The van der Waals surface area contributed by atoms with Crippen molar-refractivity contribution in [2.75, 3.05) is 38.7 Å². The van der Waals surface area contributed by atoms with E-state index in [9.17, 15) is 5.11 Å². The van der Waals surface area contributed by atoms with Crippen LogP contribution < -0.4 is 14.8 Å². The number of aromatic nitrogens is 2. The summed E-state index contributed by atoms with van der Waals surface area (Å²) >= 11 is 6.11. The van der Waals surface area contributed by atoms with Gasteiger partial charge in [-0.25, -0.2) is 0 Å². The molecule has 168 valence electrons. The van der Waals surface area contributed by atoms with Gasteiger partial charge in [0.15, 0.2) is 11.5 Å². The van der Waals surface area contributed by atoms with E-state index in [4.69, 9.17) is 21.1 Å². The molecule has 2 aromatic rings. The molecule has 1 fully saturated rings. The molecule has 0 saturated carbocycles. The number of aliphatic hydroxyl groups excluding tert-OH is 1. The minimum absolute atomic E-state index is 0.228. The van der Waals surface area contributed by atoms with E-state index in [0.717, 1.165) is 46.6 Å². The Hall–Kier alpha value is -2.87. The number of likely N-dealkylation sites (tertiary alicyclic amines) is 1. The van der Waals surface area contributed by atoms with Crippen LogP contribution in [0, 0.1) is 0 Å². The molecule has 1 aliphatic carbocycles. The molecule has 0 amide bonds. The number of methoxy groups -OCH3 is 1. The van der Waals surface area contributed by atoms with E-state index in [1.54, 1.807) is 7.11 Å². The average molecular weight is 455 g/mol. The number of fused-ring (bicyclic) bond motifs is 3. The van der Waals surface area contributed by atoms with Gasteiger partial charge in [0, 0.05) is 28.2 Å². The average Bonchev–Trinajstić information content (AvgIpc) is 3.50. The zero-order chi connectivity index (χ0) is 22.1. The molecule has 1 saturated heterocycles. The molecule has 1 atom stereocenters. The highest BCUT2D eigenvalue weighted by molar-refractivity contribution is 6.30. The maximum absolute atomic E-state index is 10.4. The van der Waals surface area contributed by atoms with Gasteiger partial charge in [0.1, 0.15) is 18.5 Å². The van der Waals surface area contributed by atoms with Crippen LogP contribution in [0.4, 0.5) is 11.5 Å². The Morgan fingerprint density at radius 1 is 1.12 bits per heavy atom. The molecule has 8 heteroatoms. The number of hydrogen-bond acceptors (Lipinski definition) is 5. The molecule has 7 nitrogen and oxygen atoms in total. The Labute approximate surface area is 191 Å². The van der Waals surface area contributed by atoms with E-state index in [2.05, 4.69) is 26.5 Å². The van der Waals surface area contributed by atoms with Crippen LogP contribution in [0.15, 0.2) is 42.5 Å². The largest absolute Gasteiger partial charge is 0.493 e. The molecule has 2 aromatic carbocycles. The maximum Gasteiger partial charge on any atom is 0.161 e. The predicted octanol–water partition coefficient (Wildman–Crippen LogP) is 4.84. The fraction of sp³-hybridized carbons (Fsp3) is 0.333. The third-order valence-electron chi connectivity index (χ3n) is 5.95. The van der Waals surface area contributed by atoms with E-state index in [1.807, 2.05) is 36.4 Å². The van der Waals surface area contributed by atoms with Crippen molar-refractivity contribution in [2.24, 2.45) is 0 Å². The Kier molecular flexibility index (Phi) is 5.87. The van der Waals surface area contributed by atoms with Crippen LogP contribution in [0.3, 0.4) is 0 Å². The van der Waals surface area contributed by atoms with Crippen molar-refractivity contribution in [3.63, 3.8) is 0 Å². The molecule has 0 spiro atoms. The topological polar surface area (TPSA) is 85.5 Å². The van der Waals surface area contributed by atoms with Gasteiger partial charge in [-0.05, 0) is 67.7 Å². The fourth-order valence-corrected chi connectivity index (χ4v) is 4.58. The second kappa shape index (κ2) is 8.94. The molecular weight excluding hydrogens is 428 g/mol. The van der Waals surface area contributed by atoms with Crippen LogP contribution in [0.25, 0.3) is 22.0 Å². The molecule has 32 heavy (non-hydrogen) atoms. The molecule has 0 radical (unpaired) electrons. The number of ether oxygens (including phenoxy) is 2. The summed E-state index contributed by atoms with van der Waals surface area (Å²) in [4.78, 5) is 2.28. The van der Waals surface area contributed by atoms with Gasteiger partial charge in [0.25, 0.3) is 0 Å². The number of β-amino-alcohol motifs (C(OH)–C–C–N with tert-alkyl or cyclic N) is 1. The van der Waals surface area contributed by atoms with Gasteiger partial charge in [0.2, 0.25) is 0 Å². The van der Waals surface area contributed by atoms with Crippen LogP contribution in [-0.4, -0.2) is 59.7 Å². The number of H-pyrrole nitrogens is 2. The zero-order valence-corrected chi connectivity index (χ0v) is 18.7. The summed E-state index contributed by atoms with van der Waals surface area (Å²) in [6.45, 7) is 2.97. The lowest BCUT2D eigenvalue weighted by Gasteiger charge is -2.20. The van der Waals surface area contributed by atoms with Gasteiger partial charge in [-0.3, -0.25) is 10.2 Å². The van der Waals surface area contributed by atoms with Gasteiger partial charge in [0.05, 0.1) is 12.8 Å². The molecular formula is C24H27ClN4O3. The Balaban J connectivity index is 1.37. The molecule has 3 aliphatic rings. The summed E-state index contributed by atoms with van der Waals surface area (Å²) in [5, 5.41) is 22.9. The van der Waals surface area contributed by atoms with Gasteiger partial charge >= 0.3 is 0 Å². The summed E-state index contributed by atoms with van der Waals surface area (Å²) < 4.78 is 11.6. The number of halogens is 1. The van der Waals surface area contributed by atoms with Gasteiger partial charge in [-0.2, -0.15) is 0 Å². The van der Waals surface area contributed by atoms with E-state index < -0.39 is 6.10 Å². The van der Waals surface area contributed by atoms with Crippen LogP contribution in [0.2, 0.25) is 5.02 Å². The molecule has 2 heterocycles. The van der Waals surface area contributed by atoms with Crippen molar-refractivity contribution in [2.45, 2.75) is 18.9 Å². The van der Waals surface area contributed by atoms with Crippen LogP contribution in [-0.2, 0) is 0 Å². The van der Waals surface area contributed by atoms with E-state index in [0.29, 0.717) is 23.1 Å². The molecule has 2 aliphatic heterocycles. The fourth-order valence-electron chi connectivity index (χ4n) is 4.39. The molecule has 4 N–H and O–H groups in total. The number of rotatable bonds is 8. The summed E-state index contributed by atoms with van der Waals surface area (Å²) in [6, 6.07) is 13.6. The number of benzene rings is 2. The highest BCUT2D eigenvalue weighted by atomic mass is 35.5. The zero-order valence-electron chi connectivity index (χ0n) is 18.0. The summed E-state index contributed by atoms with van der Waals surface area (Å²) in [7, 11) is 1.63. The van der Waals surface area contributed by atoms with E-state index >= 15 is 0 Å². The lowest BCUT2D eigenvalue weighted by Crippen LogP contribution is -2.33. The highest BCUT2D eigenvalue weighted by Crippen LogP contribution is 2.43. The first kappa shape index (κ1) is 21.0. The molecule has 1 unspecified atom stereocenters. The van der Waals surface area contributed by atoms with Crippen molar-refractivity contribution >= 4 is 33.9 Å². The quantitative estimate of drug-likeness (QED) is 0.306. The van der Waals surface area contributed by atoms with Crippen molar-refractivity contribution in [1.82, 2.24) is 15.1 Å². The van der Waals surface area contributed by atoms with Crippen molar-refractivity contribution in [1.29, 1.82) is 0 Å². The number of nitrogens with zero attached hydrogens (tertiary/aromatic N) is 1. The second-order valence-electron chi connectivity index (χ2n) is 8.26. The van der Waals surface area contributed by atoms with Gasteiger partial charge in [-0.15, -0.1) is 0 Å². The van der Waals surface area contributed by atoms with Gasteiger partial charge < -0.3 is 24.8 Å². The van der Waals surface area contributed by atoms with Crippen LogP contribution in [0.1, 0.15) is 12.8 Å². The lowest BCUT2D eigenvalue weighted by atomic mass is 10.2. The summed E-state index contributed by atoms with van der Waals surface area (Å²) in [6.07, 6.45) is 1.87. The smallest absolute Gasteiger partial charge is 0.161 e. The molecule has 0 bridgehead atoms. The minimum Gasteiger partial charge on any atom is -0.493 e. The Morgan fingerprint density at radius 2 is 1.97 bits per heavy atom. The van der Waals surface area contributed by atoms with E-state index in [1.165, 1.54) is 12.8 Å². The second-order valence-corrected chi connectivity index (χ2v) is 8.69. The summed E-state index contributed by atoms with van der Waals surface area (Å²) in [5.74, 6) is 2.11. The maximum atomic E-state index is 10.4. The van der Waals surface area contributed by atoms with Crippen molar-refractivity contribution < 1.29 is 14.6 Å². The third-order valence-corrected chi connectivity index (χ3v) is 6.18. The first-order valence-corrected chi connectivity index (χ1v) is 11.2. The lowest BCUT2D eigenvalue weighted by molar-refractivity contribution is 0.0748. The first-order chi connectivity index (χ1) is 15.6. The Bertz CT molecular complexity index is 1180. The molecule has 0 aromatic heterocycles. The van der Waals surface area contributed by atoms with E-state index in [-0.39, 0.29) is 6.61 Å². The molecule has 5 rings (SSSR count).